The first kappa shape index (κ1) is 15.3. The summed E-state index contributed by atoms with van der Waals surface area (Å²) in [5.74, 6) is 1.42. The first-order chi connectivity index (χ1) is 10.6. The number of carbonyl (C=O) groups is 1. The Balaban J connectivity index is 1.65. The van der Waals surface area contributed by atoms with Crippen molar-refractivity contribution in [2.24, 2.45) is 7.05 Å². The van der Waals surface area contributed by atoms with Crippen molar-refractivity contribution in [2.75, 3.05) is 19.6 Å². The molecule has 1 spiro atoms. The highest BCUT2D eigenvalue weighted by Crippen LogP contribution is 2.38. The summed E-state index contributed by atoms with van der Waals surface area (Å²) in [5, 5.41) is 0. The zero-order chi connectivity index (χ0) is 15.6. The van der Waals surface area contributed by atoms with Crippen LogP contribution in [0.4, 0.5) is 0 Å². The van der Waals surface area contributed by atoms with Crippen molar-refractivity contribution in [3.8, 4) is 0 Å². The van der Waals surface area contributed by atoms with Crippen molar-refractivity contribution in [3.63, 3.8) is 0 Å². The van der Waals surface area contributed by atoms with E-state index in [1.165, 1.54) is 0 Å². The molecule has 22 heavy (non-hydrogen) atoms. The molecule has 1 amide bonds. The third kappa shape index (κ3) is 2.82. The highest BCUT2D eigenvalue weighted by Gasteiger charge is 2.43. The smallest absolute Gasteiger partial charge is 0.223 e. The Labute approximate surface area is 132 Å². The minimum atomic E-state index is 0.0711. The Morgan fingerprint density at radius 3 is 2.77 bits per heavy atom. The second-order valence-corrected chi connectivity index (χ2v) is 6.60. The van der Waals surface area contributed by atoms with E-state index in [0.717, 1.165) is 51.1 Å². The summed E-state index contributed by atoms with van der Waals surface area (Å²) in [6, 6.07) is 0. The highest BCUT2D eigenvalue weighted by molar-refractivity contribution is 5.78. The van der Waals surface area contributed by atoms with E-state index in [-0.39, 0.29) is 5.54 Å². The number of aromatic nitrogens is 2. The topological polar surface area (TPSA) is 41.4 Å². The third-order valence-electron chi connectivity index (χ3n) is 5.29. The Kier molecular flexibility index (Phi) is 4.34. The fourth-order valence-corrected chi connectivity index (χ4v) is 3.92. The molecule has 1 aromatic rings. The number of hydrogen-bond donors (Lipinski definition) is 0. The van der Waals surface area contributed by atoms with Gasteiger partial charge in [-0.3, -0.25) is 9.69 Å². The minimum absolute atomic E-state index is 0.0711. The molecule has 0 bridgehead atoms. The Hall–Kier alpha value is -1.62. The van der Waals surface area contributed by atoms with Crippen LogP contribution in [-0.2, 0) is 18.4 Å². The van der Waals surface area contributed by atoms with Crippen molar-refractivity contribution in [1.29, 1.82) is 0 Å². The summed E-state index contributed by atoms with van der Waals surface area (Å²) in [5.41, 5.74) is 0.0711. The number of imidazole rings is 1. The molecule has 5 heteroatoms. The van der Waals surface area contributed by atoms with Gasteiger partial charge in [0.1, 0.15) is 5.82 Å². The second-order valence-electron chi connectivity index (χ2n) is 6.60. The molecule has 0 N–H and O–H groups in total. The quantitative estimate of drug-likeness (QED) is 0.798. The number of nitrogens with zero attached hydrogens (tertiary/aromatic N) is 4. The van der Waals surface area contributed by atoms with Crippen molar-refractivity contribution in [3.05, 3.63) is 30.9 Å². The van der Waals surface area contributed by atoms with Crippen molar-refractivity contribution in [2.45, 2.75) is 44.2 Å². The monoisotopic (exact) mass is 302 g/mol. The van der Waals surface area contributed by atoms with Gasteiger partial charge in [-0.2, -0.15) is 0 Å². The number of piperidine rings is 2. The first-order valence-electron chi connectivity index (χ1n) is 8.24. The number of rotatable bonds is 4. The highest BCUT2D eigenvalue weighted by atomic mass is 16.2. The maximum Gasteiger partial charge on any atom is 0.223 e. The molecule has 2 aliphatic heterocycles. The largest absolute Gasteiger partial charge is 0.337 e. The lowest BCUT2D eigenvalue weighted by Crippen LogP contribution is -2.59. The van der Waals surface area contributed by atoms with E-state index in [2.05, 4.69) is 25.9 Å². The molecule has 2 saturated heterocycles. The molecule has 3 rings (SSSR count). The maximum absolute atomic E-state index is 12.3. The van der Waals surface area contributed by atoms with Crippen LogP contribution in [0.3, 0.4) is 0 Å². The predicted molar refractivity (Wildman–Crippen MR) is 86.2 cm³/mol. The zero-order valence-electron chi connectivity index (χ0n) is 13.5. The molecular formula is C17H26N4O. The molecule has 2 fully saturated rings. The summed E-state index contributed by atoms with van der Waals surface area (Å²) in [4.78, 5) is 21.3. The minimum Gasteiger partial charge on any atom is -0.337 e. The first-order valence-corrected chi connectivity index (χ1v) is 8.24. The number of amides is 1. The van der Waals surface area contributed by atoms with Crippen molar-refractivity contribution >= 4 is 5.91 Å². The van der Waals surface area contributed by atoms with E-state index >= 15 is 0 Å². The molecule has 5 nitrogen and oxygen atoms in total. The molecule has 0 atom stereocenters. The van der Waals surface area contributed by atoms with E-state index in [1.54, 1.807) is 0 Å². The molecule has 0 radical (unpaired) electrons. The molecule has 0 saturated carbocycles. The van der Waals surface area contributed by atoms with Crippen LogP contribution in [0, 0.1) is 0 Å². The van der Waals surface area contributed by atoms with Gasteiger partial charge in [0, 0.05) is 51.0 Å². The standard InChI is InChI=1S/C17H26N4O/c1-3-10-21-16(22)5-4-6-17(21)7-11-20(12-8-17)14-15-18-9-13-19(15)2/h3,9,13H,1,4-8,10-12,14H2,2H3. The van der Waals surface area contributed by atoms with Gasteiger partial charge in [-0.15, -0.1) is 6.58 Å². The molecular weight excluding hydrogens is 276 g/mol. The Morgan fingerprint density at radius 2 is 2.14 bits per heavy atom. The summed E-state index contributed by atoms with van der Waals surface area (Å²) in [6.07, 6.45) is 10.7. The van der Waals surface area contributed by atoms with Crippen LogP contribution >= 0.6 is 0 Å². The lowest BCUT2D eigenvalue weighted by molar-refractivity contribution is -0.144. The van der Waals surface area contributed by atoms with E-state index < -0.39 is 0 Å². The van der Waals surface area contributed by atoms with Crippen LogP contribution in [0.15, 0.2) is 25.0 Å². The summed E-state index contributed by atoms with van der Waals surface area (Å²) >= 11 is 0. The number of aryl methyl sites for hydroxylation is 1. The Bertz CT molecular complexity index is 543. The normalized spacial score (nSPS) is 22.2. The third-order valence-corrected chi connectivity index (χ3v) is 5.29. The second kappa shape index (κ2) is 6.24. The van der Waals surface area contributed by atoms with Crippen LogP contribution in [-0.4, -0.2) is 50.4 Å². The van der Waals surface area contributed by atoms with Gasteiger partial charge >= 0.3 is 0 Å². The van der Waals surface area contributed by atoms with Gasteiger partial charge < -0.3 is 9.47 Å². The van der Waals surface area contributed by atoms with Crippen LogP contribution in [0.5, 0.6) is 0 Å². The average Bonchev–Trinajstić information content (AvgIpc) is 2.91. The number of hydrogen-bond acceptors (Lipinski definition) is 3. The zero-order valence-corrected chi connectivity index (χ0v) is 13.5. The van der Waals surface area contributed by atoms with E-state index in [9.17, 15) is 4.79 Å². The number of likely N-dealkylation sites (tertiary alicyclic amines) is 2. The van der Waals surface area contributed by atoms with Crippen molar-refractivity contribution in [1.82, 2.24) is 19.4 Å². The van der Waals surface area contributed by atoms with Gasteiger partial charge in [0.05, 0.1) is 6.54 Å². The summed E-state index contributed by atoms with van der Waals surface area (Å²) < 4.78 is 2.08. The molecule has 0 aromatic carbocycles. The molecule has 3 heterocycles. The van der Waals surface area contributed by atoms with E-state index in [4.69, 9.17) is 0 Å². The molecule has 0 aliphatic carbocycles. The SMILES string of the molecule is C=CCN1C(=O)CCCC12CCN(Cc1nccn1C)CC2. The van der Waals surface area contributed by atoms with Gasteiger partial charge in [-0.05, 0) is 25.7 Å². The van der Waals surface area contributed by atoms with Gasteiger partial charge in [-0.25, -0.2) is 4.98 Å². The van der Waals surface area contributed by atoms with Gasteiger partial charge in [0.15, 0.2) is 0 Å². The van der Waals surface area contributed by atoms with Gasteiger partial charge in [-0.1, -0.05) is 6.08 Å². The van der Waals surface area contributed by atoms with Crippen LogP contribution < -0.4 is 0 Å². The summed E-state index contributed by atoms with van der Waals surface area (Å²) in [6.45, 7) is 7.49. The van der Waals surface area contributed by atoms with Gasteiger partial charge in [0.25, 0.3) is 0 Å². The molecule has 1 aromatic heterocycles. The molecule has 0 unspecified atom stereocenters. The lowest BCUT2D eigenvalue weighted by atomic mass is 9.78. The van der Waals surface area contributed by atoms with Crippen LogP contribution in [0.25, 0.3) is 0 Å². The fourth-order valence-electron chi connectivity index (χ4n) is 3.92. The van der Waals surface area contributed by atoms with E-state index in [1.807, 2.05) is 25.5 Å². The van der Waals surface area contributed by atoms with Crippen LogP contribution in [0.2, 0.25) is 0 Å². The van der Waals surface area contributed by atoms with E-state index in [0.29, 0.717) is 18.9 Å². The predicted octanol–water partition coefficient (Wildman–Crippen LogP) is 1.95. The average molecular weight is 302 g/mol. The number of carbonyl (C=O) groups excluding carboxylic acids is 1. The Morgan fingerprint density at radius 1 is 1.36 bits per heavy atom. The maximum atomic E-state index is 12.3. The fraction of sp³-hybridized carbons (Fsp3) is 0.647. The van der Waals surface area contributed by atoms with Crippen LogP contribution in [0.1, 0.15) is 37.9 Å². The van der Waals surface area contributed by atoms with Crippen molar-refractivity contribution < 1.29 is 4.79 Å². The summed E-state index contributed by atoms with van der Waals surface area (Å²) in [7, 11) is 2.04. The molecule has 120 valence electrons. The van der Waals surface area contributed by atoms with Gasteiger partial charge in [0.2, 0.25) is 5.91 Å². The molecule has 2 aliphatic rings. The lowest BCUT2D eigenvalue weighted by Gasteiger charge is -2.51.